The maximum atomic E-state index is 9.97. The molecule has 1 fully saturated rings. The van der Waals surface area contributed by atoms with Gasteiger partial charge in [0.25, 0.3) is 0 Å². The molecule has 184 valence electrons. The van der Waals surface area contributed by atoms with Crippen LogP contribution < -0.4 is 0 Å². The molecule has 1 saturated heterocycles. The Morgan fingerprint density at radius 2 is 1.32 bits per heavy atom. The van der Waals surface area contributed by atoms with Crippen molar-refractivity contribution in [2.75, 3.05) is 19.8 Å². The highest BCUT2D eigenvalue weighted by Gasteiger charge is 2.39. The summed E-state index contributed by atoms with van der Waals surface area (Å²) in [5, 5.41) is 29.1. The molecule has 0 bridgehead atoms. The second kappa shape index (κ2) is 20.2. The molecule has 4 atom stereocenters. The largest absolute Gasteiger partial charge is 0.388 e. The van der Waals surface area contributed by atoms with Crippen LogP contribution in [0.1, 0.15) is 110 Å². The molecule has 5 nitrogen and oxygen atoms in total. The number of allylic oxidation sites excluding steroid dienone is 2. The Morgan fingerprint density at radius 1 is 0.806 bits per heavy atom. The minimum atomic E-state index is -1.03. The second-order valence-electron chi connectivity index (χ2n) is 9.14. The third-order valence-corrected chi connectivity index (χ3v) is 6.14. The SMILES string of the molecule is CCC/C=C/CCCCCCCCCCCCCCCOC[C@H](O)[C@@H]1OC[C@@H](O)[C@@H]1O. The van der Waals surface area contributed by atoms with Gasteiger partial charge in [-0.05, 0) is 25.7 Å². The lowest BCUT2D eigenvalue weighted by Gasteiger charge is -2.20. The van der Waals surface area contributed by atoms with Gasteiger partial charge in [-0.15, -0.1) is 0 Å². The summed E-state index contributed by atoms with van der Waals surface area (Å²) in [4.78, 5) is 0. The van der Waals surface area contributed by atoms with Gasteiger partial charge in [0, 0.05) is 6.61 Å². The molecule has 3 N–H and O–H groups in total. The van der Waals surface area contributed by atoms with Gasteiger partial charge in [0.05, 0.1) is 13.2 Å². The minimum absolute atomic E-state index is 0.0696. The Balaban J connectivity index is 1.74. The van der Waals surface area contributed by atoms with Crippen molar-refractivity contribution >= 4 is 0 Å². The molecular formula is C26H50O5. The summed E-state index contributed by atoms with van der Waals surface area (Å²) < 4.78 is 10.7. The van der Waals surface area contributed by atoms with Gasteiger partial charge >= 0.3 is 0 Å². The summed E-state index contributed by atoms with van der Waals surface area (Å²) in [6, 6.07) is 0. The molecule has 0 spiro atoms. The van der Waals surface area contributed by atoms with E-state index in [9.17, 15) is 15.3 Å². The van der Waals surface area contributed by atoms with Crippen molar-refractivity contribution in [3.05, 3.63) is 12.2 Å². The van der Waals surface area contributed by atoms with Gasteiger partial charge in [0.15, 0.2) is 0 Å². The lowest BCUT2D eigenvalue weighted by Crippen LogP contribution is -2.40. The van der Waals surface area contributed by atoms with Crippen LogP contribution in [0.2, 0.25) is 0 Å². The van der Waals surface area contributed by atoms with Gasteiger partial charge in [-0.2, -0.15) is 0 Å². The lowest BCUT2D eigenvalue weighted by molar-refractivity contribution is -0.0813. The summed E-state index contributed by atoms with van der Waals surface area (Å²) in [6.45, 7) is 3.06. The highest BCUT2D eigenvalue weighted by Crippen LogP contribution is 2.18. The summed E-state index contributed by atoms with van der Waals surface area (Å²) in [6.07, 6.45) is 22.0. The van der Waals surface area contributed by atoms with Crippen LogP contribution in [0, 0.1) is 0 Å². The van der Waals surface area contributed by atoms with Crippen molar-refractivity contribution in [1.82, 2.24) is 0 Å². The van der Waals surface area contributed by atoms with Crippen molar-refractivity contribution in [1.29, 1.82) is 0 Å². The van der Waals surface area contributed by atoms with E-state index >= 15 is 0 Å². The van der Waals surface area contributed by atoms with Gasteiger partial charge in [0.2, 0.25) is 0 Å². The predicted octanol–water partition coefficient (Wildman–Crippen LogP) is 5.30. The quantitative estimate of drug-likeness (QED) is 0.166. The van der Waals surface area contributed by atoms with Gasteiger partial charge in [0.1, 0.15) is 24.4 Å². The molecule has 0 radical (unpaired) electrons. The van der Waals surface area contributed by atoms with Gasteiger partial charge in [-0.3, -0.25) is 0 Å². The van der Waals surface area contributed by atoms with Crippen molar-refractivity contribution < 1.29 is 24.8 Å². The number of ether oxygens (including phenoxy) is 2. The monoisotopic (exact) mass is 442 g/mol. The first kappa shape index (κ1) is 28.6. The summed E-state index contributed by atoms with van der Waals surface area (Å²) in [7, 11) is 0. The van der Waals surface area contributed by atoms with Crippen LogP contribution in [0.4, 0.5) is 0 Å². The number of unbranched alkanes of at least 4 members (excludes halogenated alkanes) is 14. The Bertz CT molecular complexity index is 415. The van der Waals surface area contributed by atoms with Crippen LogP contribution in [-0.2, 0) is 9.47 Å². The molecule has 1 aliphatic rings. The zero-order valence-corrected chi connectivity index (χ0v) is 20.1. The van der Waals surface area contributed by atoms with Crippen molar-refractivity contribution in [2.24, 2.45) is 0 Å². The minimum Gasteiger partial charge on any atom is -0.388 e. The second-order valence-corrected chi connectivity index (χ2v) is 9.14. The first-order valence-corrected chi connectivity index (χ1v) is 13.0. The fraction of sp³-hybridized carbons (Fsp3) is 0.923. The molecule has 0 aromatic heterocycles. The number of hydrogen-bond acceptors (Lipinski definition) is 5. The number of hydrogen-bond donors (Lipinski definition) is 3. The Labute approximate surface area is 191 Å². The molecule has 31 heavy (non-hydrogen) atoms. The van der Waals surface area contributed by atoms with Gasteiger partial charge < -0.3 is 24.8 Å². The van der Waals surface area contributed by atoms with Crippen molar-refractivity contribution in [3.63, 3.8) is 0 Å². The van der Waals surface area contributed by atoms with E-state index in [4.69, 9.17) is 9.47 Å². The molecule has 1 rings (SSSR count). The highest BCUT2D eigenvalue weighted by molar-refractivity contribution is 4.87. The van der Waals surface area contributed by atoms with E-state index in [1.807, 2.05) is 0 Å². The number of rotatable bonds is 21. The van der Waals surface area contributed by atoms with E-state index in [0.717, 1.165) is 12.8 Å². The normalized spacial score (nSPS) is 22.5. The maximum Gasteiger partial charge on any atom is 0.114 e. The van der Waals surface area contributed by atoms with Crippen molar-refractivity contribution in [3.8, 4) is 0 Å². The summed E-state index contributed by atoms with van der Waals surface area (Å²) in [5.41, 5.74) is 0. The Morgan fingerprint density at radius 3 is 1.84 bits per heavy atom. The number of aliphatic hydroxyl groups is 3. The third kappa shape index (κ3) is 15.1. The maximum absolute atomic E-state index is 9.97. The van der Waals surface area contributed by atoms with Crippen LogP contribution >= 0.6 is 0 Å². The molecular weight excluding hydrogens is 392 g/mol. The Kier molecular flexibility index (Phi) is 18.6. The lowest BCUT2D eigenvalue weighted by atomic mass is 10.0. The van der Waals surface area contributed by atoms with E-state index in [2.05, 4.69) is 19.1 Å². The highest BCUT2D eigenvalue weighted by atomic mass is 16.5. The van der Waals surface area contributed by atoms with Crippen molar-refractivity contribution in [2.45, 2.75) is 134 Å². The van der Waals surface area contributed by atoms with E-state index in [0.29, 0.717) is 6.61 Å². The fourth-order valence-electron chi connectivity index (χ4n) is 4.08. The van der Waals surface area contributed by atoms with Gasteiger partial charge in [-0.25, -0.2) is 0 Å². The van der Waals surface area contributed by atoms with E-state index in [1.165, 1.54) is 89.9 Å². The first-order chi connectivity index (χ1) is 15.2. The molecule has 0 aromatic carbocycles. The average molecular weight is 443 g/mol. The van der Waals surface area contributed by atoms with Crippen LogP contribution in [-0.4, -0.2) is 59.6 Å². The standard InChI is InChI=1S/C26H50O5/c1-2-3-4-5-6-7-8-9-10-11-12-13-14-15-16-17-18-19-20-30-21-24(28)26-25(29)23(27)22-31-26/h4-5,23-29H,2-3,6-22H2,1H3/b5-4+/t23-,24+,25+,26+/m1/s1. The topological polar surface area (TPSA) is 79.2 Å². The third-order valence-electron chi connectivity index (χ3n) is 6.14. The summed E-state index contributed by atoms with van der Waals surface area (Å²) in [5.74, 6) is 0. The van der Waals surface area contributed by atoms with E-state index in [1.54, 1.807) is 0 Å². The zero-order chi connectivity index (χ0) is 22.6. The molecule has 0 amide bonds. The smallest absolute Gasteiger partial charge is 0.114 e. The molecule has 5 heteroatoms. The van der Waals surface area contributed by atoms with Crippen LogP contribution in [0.25, 0.3) is 0 Å². The molecule has 0 aliphatic carbocycles. The summed E-state index contributed by atoms with van der Waals surface area (Å²) >= 11 is 0. The first-order valence-electron chi connectivity index (χ1n) is 13.0. The number of aliphatic hydroxyl groups excluding tert-OH is 3. The molecule has 1 heterocycles. The Hall–Kier alpha value is -0.460. The van der Waals surface area contributed by atoms with E-state index in [-0.39, 0.29) is 13.2 Å². The molecule has 0 unspecified atom stereocenters. The molecule has 0 saturated carbocycles. The fourth-order valence-corrected chi connectivity index (χ4v) is 4.08. The van der Waals surface area contributed by atoms with Crippen LogP contribution in [0.3, 0.4) is 0 Å². The average Bonchev–Trinajstić information content (AvgIpc) is 3.10. The molecule has 0 aromatic rings. The van der Waals surface area contributed by atoms with Crippen LogP contribution in [0.15, 0.2) is 12.2 Å². The van der Waals surface area contributed by atoms with Crippen LogP contribution in [0.5, 0.6) is 0 Å². The van der Waals surface area contributed by atoms with E-state index < -0.39 is 24.4 Å². The predicted molar refractivity (Wildman–Crippen MR) is 127 cm³/mol. The molecule has 1 aliphatic heterocycles. The zero-order valence-electron chi connectivity index (χ0n) is 20.1. The van der Waals surface area contributed by atoms with Gasteiger partial charge in [-0.1, -0.05) is 96.1 Å².